The standard InChI is InChI=1S/C9H20N2O/c1-7(8(2)12)11-5-3-4-9(10)6-11/h7-9,12H,3-6,10H2,1-2H3. The molecule has 1 heterocycles. The number of hydrogen-bond acceptors (Lipinski definition) is 3. The molecule has 1 rings (SSSR count). The zero-order chi connectivity index (χ0) is 9.14. The molecule has 3 unspecified atom stereocenters. The van der Waals surface area contributed by atoms with E-state index in [1.54, 1.807) is 0 Å². The van der Waals surface area contributed by atoms with Gasteiger partial charge in [-0.3, -0.25) is 4.90 Å². The summed E-state index contributed by atoms with van der Waals surface area (Å²) in [5.41, 5.74) is 5.84. The highest BCUT2D eigenvalue weighted by atomic mass is 16.3. The summed E-state index contributed by atoms with van der Waals surface area (Å²) in [5.74, 6) is 0. The Morgan fingerprint density at radius 2 is 2.17 bits per heavy atom. The van der Waals surface area contributed by atoms with Crippen LogP contribution in [-0.2, 0) is 0 Å². The van der Waals surface area contributed by atoms with E-state index in [2.05, 4.69) is 11.8 Å². The molecule has 3 nitrogen and oxygen atoms in total. The Morgan fingerprint density at radius 3 is 2.67 bits per heavy atom. The minimum Gasteiger partial charge on any atom is -0.392 e. The molecular weight excluding hydrogens is 152 g/mol. The van der Waals surface area contributed by atoms with E-state index in [0.717, 1.165) is 25.9 Å². The molecule has 0 spiro atoms. The van der Waals surface area contributed by atoms with Gasteiger partial charge in [-0.2, -0.15) is 0 Å². The number of nitrogens with two attached hydrogens (primary N) is 1. The maximum Gasteiger partial charge on any atom is 0.0664 e. The number of rotatable bonds is 2. The molecule has 0 bridgehead atoms. The van der Waals surface area contributed by atoms with Gasteiger partial charge in [-0.1, -0.05) is 0 Å². The predicted octanol–water partition coefficient (Wildman–Crippen LogP) is 0.179. The van der Waals surface area contributed by atoms with Crippen molar-refractivity contribution in [2.45, 2.75) is 44.9 Å². The SMILES string of the molecule is CC(O)C(C)N1CCCC(N)C1. The fourth-order valence-electron chi connectivity index (χ4n) is 1.72. The van der Waals surface area contributed by atoms with Crippen LogP contribution < -0.4 is 5.73 Å². The van der Waals surface area contributed by atoms with E-state index in [1.165, 1.54) is 0 Å². The summed E-state index contributed by atoms with van der Waals surface area (Å²) in [6.45, 7) is 5.92. The second-order valence-corrected chi connectivity index (χ2v) is 3.88. The maximum atomic E-state index is 9.38. The smallest absolute Gasteiger partial charge is 0.0664 e. The summed E-state index contributed by atoms with van der Waals surface area (Å²) in [6.07, 6.45) is 2.04. The average molecular weight is 172 g/mol. The van der Waals surface area contributed by atoms with Gasteiger partial charge in [-0.05, 0) is 33.2 Å². The van der Waals surface area contributed by atoms with Crippen LogP contribution in [0.1, 0.15) is 26.7 Å². The molecule has 3 heteroatoms. The van der Waals surface area contributed by atoms with Gasteiger partial charge in [-0.25, -0.2) is 0 Å². The molecule has 72 valence electrons. The van der Waals surface area contributed by atoms with Crippen LogP contribution in [0.25, 0.3) is 0 Å². The first-order valence-corrected chi connectivity index (χ1v) is 4.79. The highest BCUT2D eigenvalue weighted by molar-refractivity contribution is 4.80. The fraction of sp³-hybridized carbons (Fsp3) is 1.00. The van der Waals surface area contributed by atoms with Crippen LogP contribution in [0.3, 0.4) is 0 Å². The summed E-state index contributed by atoms with van der Waals surface area (Å²) in [7, 11) is 0. The van der Waals surface area contributed by atoms with Crippen molar-refractivity contribution in [3.05, 3.63) is 0 Å². The van der Waals surface area contributed by atoms with Crippen molar-refractivity contribution < 1.29 is 5.11 Å². The molecule has 1 aliphatic rings. The Hall–Kier alpha value is -0.120. The molecule has 1 fully saturated rings. The quantitative estimate of drug-likeness (QED) is 0.624. The van der Waals surface area contributed by atoms with Gasteiger partial charge in [-0.15, -0.1) is 0 Å². The molecule has 0 aromatic heterocycles. The second-order valence-electron chi connectivity index (χ2n) is 3.88. The van der Waals surface area contributed by atoms with Crippen molar-refractivity contribution in [3.63, 3.8) is 0 Å². The largest absolute Gasteiger partial charge is 0.392 e. The first-order chi connectivity index (χ1) is 5.61. The third-order valence-electron chi connectivity index (χ3n) is 2.76. The third kappa shape index (κ3) is 2.44. The molecule has 12 heavy (non-hydrogen) atoms. The van der Waals surface area contributed by atoms with E-state index in [-0.39, 0.29) is 12.1 Å². The van der Waals surface area contributed by atoms with Crippen LogP contribution in [-0.4, -0.2) is 41.3 Å². The van der Waals surface area contributed by atoms with E-state index in [0.29, 0.717) is 6.04 Å². The number of likely N-dealkylation sites (tertiary alicyclic amines) is 1. The van der Waals surface area contributed by atoms with Crippen LogP contribution in [0.15, 0.2) is 0 Å². The Balaban J connectivity index is 2.40. The molecular formula is C9H20N2O. The number of hydrogen-bond donors (Lipinski definition) is 2. The van der Waals surface area contributed by atoms with E-state index >= 15 is 0 Å². The summed E-state index contributed by atoms with van der Waals surface area (Å²) in [5, 5.41) is 9.38. The molecule has 0 aromatic rings. The molecule has 0 saturated carbocycles. The van der Waals surface area contributed by atoms with Crippen LogP contribution in [0.4, 0.5) is 0 Å². The first-order valence-electron chi connectivity index (χ1n) is 4.79. The van der Waals surface area contributed by atoms with Crippen LogP contribution in [0, 0.1) is 0 Å². The minimum atomic E-state index is -0.254. The Bertz CT molecular complexity index is 138. The van der Waals surface area contributed by atoms with Crippen molar-refractivity contribution in [3.8, 4) is 0 Å². The molecule has 0 aromatic carbocycles. The van der Waals surface area contributed by atoms with Gasteiger partial charge in [0.2, 0.25) is 0 Å². The molecule has 0 radical (unpaired) electrons. The van der Waals surface area contributed by atoms with Crippen molar-refractivity contribution in [1.29, 1.82) is 0 Å². The lowest BCUT2D eigenvalue weighted by atomic mass is 10.0. The summed E-state index contributed by atoms with van der Waals surface area (Å²) >= 11 is 0. The monoisotopic (exact) mass is 172 g/mol. The summed E-state index contributed by atoms with van der Waals surface area (Å²) in [6, 6.07) is 0.552. The lowest BCUT2D eigenvalue weighted by Gasteiger charge is -2.36. The zero-order valence-corrected chi connectivity index (χ0v) is 8.03. The number of piperidine rings is 1. The normalized spacial score (nSPS) is 31.5. The van der Waals surface area contributed by atoms with Gasteiger partial charge in [0.05, 0.1) is 6.10 Å². The number of aliphatic hydroxyl groups excluding tert-OH is 1. The van der Waals surface area contributed by atoms with E-state index in [4.69, 9.17) is 5.73 Å². The topological polar surface area (TPSA) is 49.5 Å². The van der Waals surface area contributed by atoms with Crippen molar-refractivity contribution in [2.75, 3.05) is 13.1 Å². The first kappa shape index (κ1) is 9.96. The molecule has 3 atom stereocenters. The minimum absolute atomic E-state index is 0.247. The zero-order valence-electron chi connectivity index (χ0n) is 8.03. The molecule has 0 amide bonds. The Morgan fingerprint density at radius 1 is 1.50 bits per heavy atom. The number of nitrogens with zero attached hydrogens (tertiary/aromatic N) is 1. The van der Waals surface area contributed by atoms with Crippen LogP contribution in [0.5, 0.6) is 0 Å². The van der Waals surface area contributed by atoms with E-state index < -0.39 is 0 Å². The van der Waals surface area contributed by atoms with Gasteiger partial charge in [0.25, 0.3) is 0 Å². The number of aliphatic hydroxyl groups is 1. The van der Waals surface area contributed by atoms with Gasteiger partial charge in [0.15, 0.2) is 0 Å². The van der Waals surface area contributed by atoms with E-state index in [9.17, 15) is 5.11 Å². The van der Waals surface area contributed by atoms with Crippen molar-refractivity contribution in [1.82, 2.24) is 4.90 Å². The molecule has 3 N–H and O–H groups in total. The van der Waals surface area contributed by atoms with Crippen LogP contribution >= 0.6 is 0 Å². The molecule has 1 aliphatic heterocycles. The fourth-order valence-corrected chi connectivity index (χ4v) is 1.72. The third-order valence-corrected chi connectivity index (χ3v) is 2.76. The van der Waals surface area contributed by atoms with E-state index in [1.807, 2.05) is 6.92 Å². The maximum absolute atomic E-state index is 9.38. The van der Waals surface area contributed by atoms with Gasteiger partial charge in [0.1, 0.15) is 0 Å². The summed E-state index contributed by atoms with van der Waals surface area (Å²) in [4.78, 5) is 2.28. The summed E-state index contributed by atoms with van der Waals surface area (Å²) < 4.78 is 0. The van der Waals surface area contributed by atoms with Gasteiger partial charge in [0, 0.05) is 18.6 Å². The average Bonchev–Trinajstić information content (AvgIpc) is 2.03. The molecule has 0 aliphatic carbocycles. The van der Waals surface area contributed by atoms with Crippen LogP contribution in [0.2, 0.25) is 0 Å². The van der Waals surface area contributed by atoms with Gasteiger partial charge >= 0.3 is 0 Å². The second kappa shape index (κ2) is 4.21. The van der Waals surface area contributed by atoms with Crippen molar-refractivity contribution >= 4 is 0 Å². The lowest BCUT2D eigenvalue weighted by Crippen LogP contribution is -2.49. The van der Waals surface area contributed by atoms with Crippen molar-refractivity contribution in [2.24, 2.45) is 5.73 Å². The molecule has 1 saturated heterocycles. The highest BCUT2D eigenvalue weighted by Crippen LogP contribution is 2.13. The Labute approximate surface area is 74.5 Å². The predicted molar refractivity (Wildman–Crippen MR) is 49.9 cm³/mol. The van der Waals surface area contributed by atoms with Gasteiger partial charge < -0.3 is 10.8 Å². The lowest BCUT2D eigenvalue weighted by molar-refractivity contribution is 0.0541. The Kier molecular flexibility index (Phi) is 3.50. The highest BCUT2D eigenvalue weighted by Gasteiger charge is 2.23.